The van der Waals surface area contributed by atoms with Crippen molar-refractivity contribution >= 4 is 11.6 Å². The van der Waals surface area contributed by atoms with Gasteiger partial charge in [0, 0.05) is 44.1 Å². The molecule has 0 bridgehead atoms. The fraction of sp³-hybridized carbons (Fsp3) is 0.579. The van der Waals surface area contributed by atoms with E-state index in [0.717, 1.165) is 51.0 Å². The summed E-state index contributed by atoms with van der Waals surface area (Å²) >= 11 is 0. The predicted molar refractivity (Wildman–Crippen MR) is 93.1 cm³/mol. The summed E-state index contributed by atoms with van der Waals surface area (Å²) in [6, 6.07) is 10.6. The zero-order valence-electron chi connectivity index (χ0n) is 13.8. The van der Waals surface area contributed by atoms with Crippen LogP contribution in [0.1, 0.15) is 50.5 Å². The van der Waals surface area contributed by atoms with Crippen molar-refractivity contribution in [1.82, 2.24) is 10.3 Å². The molecule has 0 radical (unpaired) electrons. The summed E-state index contributed by atoms with van der Waals surface area (Å²) in [5, 5.41) is 4.39. The number of carbonyl (C=O) groups is 1. The topological polar surface area (TPSA) is 44.7 Å². The van der Waals surface area contributed by atoms with Gasteiger partial charge < -0.3 is 0 Å². The number of hydrazone groups is 1. The van der Waals surface area contributed by atoms with E-state index in [9.17, 15) is 4.79 Å². The fourth-order valence-electron chi connectivity index (χ4n) is 3.51. The molecule has 124 valence electrons. The normalized spacial score (nSPS) is 20.3. The maximum Gasteiger partial charge on any atom is 0.243 e. The maximum absolute atomic E-state index is 12.1. The first kappa shape index (κ1) is 16.2. The molecule has 0 unspecified atom stereocenters. The molecular weight excluding hydrogens is 286 g/mol. The van der Waals surface area contributed by atoms with Gasteiger partial charge in [0.2, 0.25) is 5.91 Å². The summed E-state index contributed by atoms with van der Waals surface area (Å²) in [5.74, 6) is 0.315. The third-order valence-corrected chi connectivity index (χ3v) is 4.98. The predicted octanol–water partition coefficient (Wildman–Crippen LogP) is 3.33. The zero-order valence-corrected chi connectivity index (χ0v) is 13.8. The van der Waals surface area contributed by atoms with Gasteiger partial charge in [-0.15, -0.1) is 0 Å². The van der Waals surface area contributed by atoms with Crippen LogP contribution in [-0.4, -0.2) is 29.6 Å². The number of likely N-dealkylation sites (tertiary alicyclic amines) is 1. The lowest BCUT2D eigenvalue weighted by Gasteiger charge is -2.27. The molecule has 4 nitrogen and oxygen atoms in total. The zero-order chi connectivity index (χ0) is 15.9. The molecule has 1 amide bonds. The van der Waals surface area contributed by atoms with Crippen LogP contribution in [0.4, 0.5) is 0 Å². The molecule has 1 aliphatic carbocycles. The van der Waals surface area contributed by atoms with Crippen LogP contribution >= 0.6 is 0 Å². The largest absolute Gasteiger partial charge is 0.298 e. The number of nitrogens with one attached hydrogen (secondary N) is 1. The maximum atomic E-state index is 12.1. The molecule has 1 aromatic rings. The average Bonchev–Trinajstić information content (AvgIpc) is 2.62. The van der Waals surface area contributed by atoms with Crippen LogP contribution in [0.5, 0.6) is 0 Å². The number of amides is 1. The van der Waals surface area contributed by atoms with Crippen molar-refractivity contribution in [3.8, 4) is 0 Å². The lowest BCUT2D eigenvalue weighted by Crippen LogP contribution is -2.35. The van der Waals surface area contributed by atoms with Crippen molar-refractivity contribution in [3.05, 3.63) is 35.9 Å². The summed E-state index contributed by atoms with van der Waals surface area (Å²) in [6.45, 7) is 3.04. The number of hydrogen-bond acceptors (Lipinski definition) is 3. The Morgan fingerprint density at radius 3 is 2.48 bits per heavy atom. The minimum atomic E-state index is 0.129. The van der Waals surface area contributed by atoms with Gasteiger partial charge >= 0.3 is 0 Å². The van der Waals surface area contributed by atoms with E-state index in [1.807, 2.05) is 0 Å². The van der Waals surface area contributed by atoms with Crippen LogP contribution in [0.2, 0.25) is 0 Å². The quantitative estimate of drug-likeness (QED) is 0.867. The minimum absolute atomic E-state index is 0.129. The van der Waals surface area contributed by atoms with E-state index < -0.39 is 0 Å². The lowest BCUT2D eigenvalue weighted by atomic mass is 9.89. The van der Waals surface area contributed by atoms with Crippen molar-refractivity contribution in [2.45, 2.75) is 51.5 Å². The third-order valence-electron chi connectivity index (χ3n) is 4.98. The van der Waals surface area contributed by atoms with Crippen LogP contribution in [0, 0.1) is 5.92 Å². The summed E-state index contributed by atoms with van der Waals surface area (Å²) in [7, 11) is 0. The van der Waals surface area contributed by atoms with Gasteiger partial charge in [-0.1, -0.05) is 49.6 Å². The van der Waals surface area contributed by atoms with Crippen LogP contribution in [0.15, 0.2) is 35.4 Å². The van der Waals surface area contributed by atoms with Crippen LogP contribution in [0.25, 0.3) is 0 Å². The fourth-order valence-corrected chi connectivity index (χ4v) is 3.51. The van der Waals surface area contributed by atoms with E-state index in [4.69, 9.17) is 0 Å². The van der Waals surface area contributed by atoms with Crippen molar-refractivity contribution in [3.63, 3.8) is 0 Å². The van der Waals surface area contributed by atoms with Crippen molar-refractivity contribution in [1.29, 1.82) is 0 Å². The first-order chi connectivity index (χ1) is 11.3. The Morgan fingerprint density at radius 1 is 1.09 bits per heavy atom. The second kappa shape index (κ2) is 8.25. The van der Waals surface area contributed by atoms with Gasteiger partial charge in [0.15, 0.2) is 0 Å². The lowest BCUT2D eigenvalue weighted by molar-refractivity contribution is -0.125. The Bertz CT molecular complexity index is 525. The Kier molecular flexibility index (Phi) is 5.81. The van der Waals surface area contributed by atoms with Gasteiger partial charge in [-0.25, -0.2) is 5.43 Å². The molecule has 2 aliphatic rings. The molecule has 1 aliphatic heterocycles. The van der Waals surface area contributed by atoms with Gasteiger partial charge in [0.05, 0.1) is 0 Å². The monoisotopic (exact) mass is 313 g/mol. The first-order valence-electron chi connectivity index (χ1n) is 8.93. The number of nitrogens with zero attached hydrogens (tertiary/aromatic N) is 2. The molecule has 0 atom stereocenters. The molecule has 3 rings (SSSR count). The Labute approximate surface area is 139 Å². The number of hydrogen-bond donors (Lipinski definition) is 1. The summed E-state index contributed by atoms with van der Waals surface area (Å²) < 4.78 is 0. The van der Waals surface area contributed by atoms with Gasteiger partial charge in [0.25, 0.3) is 0 Å². The number of piperidine rings is 1. The van der Waals surface area contributed by atoms with Gasteiger partial charge in [-0.3, -0.25) is 9.69 Å². The first-order valence-corrected chi connectivity index (χ1v) is 8.93. The Morgan fingerprint density at radius 2 is 1.78 bits per heavy atom. The molecule has 23 heavy (non-hydrogen) atoms. The van der Waals surface area contributed by atoms with E-state index in [1.165, 1.54) is 24.8 Å². The molecular formula is C19H27N3O. The molecule has 1 saturated heterocycles. The van der Waals surface area contributed by atoms with E-state index in [1.54, 1.807) is 0 Å². The average molecular weight is 313 g/mol. The van der Waals surface area contributed by atoms with Gasteiger partial charge in [-0.2, -0.15) is 5.10 Å². The smallest absolute Gasteiger partial charge is 0.243 e. The third kappa shape index (κ3) is 4.90. The van der Waals surface area contributed by atoms with Crippen LogP contribution < -0.4 is 5.43 Å². The summed E-state index contributed by atoms with van der Waals surface area (Å²) in [6.07, 6.45) is 7.61. The molecule has 0 spiro atoms. The molecule has 1 heterocycles. The number of rotatable bonds is 4. The minimum Gasteiger partial charge on any atom is -0.298 e. The van der Waals surface area contributed by atoms with Crippen LogP contribution in [0.3, 0.4) is 0 Å². The molecule has 4 heteroatoms. The van der Waals surface area contributed by atoms with Crippen molar-refractivity contribution in [2.75, 3.05) is 13.1 Å². The van der Waals surface area contributed by atoms with Gasteiger partial charge in [-0.05, 0) is 18.4 Å². The highest BCUT2D eigenvalue weighted by Crippen LogP contribution is 2.23. The van der Waals surface area contributed by atoms with E-state index >= 15 is 0 Å². The van der Waals surface area contributed by atoms with E-state index in [0.29, 0.717) is 0 Å². The highest BCUT2D eigenvalue weighted by molar-refractivity contribution is 5.87. The second-order valence-corrected chi connectivity index (χ2v) is 6.75. The van der Waals surface area contributed by atoms with E-state index in [2.05, 4.69) is 45.8 Å². The molecule has 1 aromatic carbocycles. The molecule has 1 saturated carbocycles. The Balaban J connectivity index is 1.42. The standard InChI is InChI=1S/C19H27N3O/c23-19(17-9-5-2-6-10-17)21-20-18-11-13-22(14-12-18)15-16-7-3-1-4-8-16/h1,3-4,7-8,17H,2,5-6,9-15H2,(H,21,23). The summed E-state index contributed by atoms with van der Waals surface area (Å²) in [5.41, 5.74) is 5.31. The van der Waals surface area contributed by atoms with Gasteiger partial charge in [0.1, 0.15) is 0 Å². The highest BCUT2D eigenvalue weighted by atomic mass is 16.2. The number of carbonyl (C=O) groups excluding carboxylic acids is 1. The molecule has 0 aromatic heterocycles. The molecule has 2 fully saturated rings. The van der Waals surface area contributed by atoms with Crippen LogP contribution in [-0.2, 0) is 11.3 Å². The number of benzene rings is 1. The van der Waals surface area contributed by atoms with E-state index in [-0.39, 0.29) is 11.8 Å². The van der Waals surface area contributed by atoms with Crippen molar-refractivity contribution in [2.24, 2.45) is 11.0 Å². The second-order valence-electron chi connectivity index (χ2n) is 6.75. The molecule has 1 N–H and O–H groups in total. The summed E-state index contributed by atoms with van der Waals surface area (Å²) in [4.78, 5) is 14.6. The van der Waals surface area contributed by atoms with Crippen molar-refractivity contribution < 1.29 is 4.79 Å². The Hall–Kier alpha value is -1.68. The highest BCUT2D eigenvalue weighted by Gasteiger charge is 2.21. The SMILES string of the molecule is O=C(NN=C1CCN(Cc2ccccc2)CC1)C1CCCCC1.